The highest BCUT2D eigenvalue weighted by atomic mass is 35.5. The summed E-state index contributed by atoms with van der Waals surface area (Å²) in [6, 6.07) is 12.0. The van der Waals surface area contributed by atoms with Gasteiger partial charge in [0.2, 0.25) is 0 Å². The topological polar surface area (TPSA) is 12.0 Å². The van der Waals surface area contributed by atoms with E-state index in [-0.39, 0.29) is 0 Å². The summed E-state index contributed by atoms with van der Waals surface area (Å²) in [5.74, 6) is 0. The number of anilines is 1. The third kappa shape index (κ3) is 2.44. The molecular weight excluding hydrogens is 234 g/mol. The van der Waals surface area contributed by atoms with Gasteiger partial charge in [0.25, 0.3) is 0 Å². The SMILES string of the molecule is Clc1ccsc1NSc1ccccc1. The summed E-state index contributed by atoms with van der Waals surface area (Å²) in [6.45, 7) is 0. The minimum atomic E-state index is 0.776. The number of rotatable bonds is 3. The molecule has 0 aliphatic heterocycles. The lowest BCUT2D eigenvalue weighted by Crippen LogP contribution is -1.82. The molecule has 0 amide bonds. The Labute approximate surface area is 96.2 Å². The van der Waals surface area contributed by atoms with Crippen LogP contribution < -0.4 is 4.72 Å². The Bertz CT molecular complexity index is 400. The highest BCUT2D eigenvalue weighted by Gasteiger charge is 2.00. The van der Waals surface area contributed by atoms with E-state index in [0.29, 0.717) is 0 Å². The normalized spacial score (nSPS) is 10.1. The van der Waals surface area contributed by atoms with Crippen LogP contribution >= 0.6 is 34.9 Å². The van der Waals surface area contributed by atoms with Gasteiger partial charge in [0.1, 0.15) is 5.00 Å². The van der Waals surface area contributed by atoms with E-state index < -0.39 is 0 Å². The van der Waals surface area contributed by atoms with Crippen molar-refractivity contribution in [2.45, 2.75) is 4.90 Å². The van der Waals surface area contributed by atoms with Gasteiger partial charge in [-0.05, 0) is 35.5 Å². The average Bonchev–Trinajstić information content (AvgIpc) is 2.63. The standard InChI is InChI=1S/C10H8ClNS2/c11-9-6-7-13-10(9)12-14-8-4-2-1-3-5-8/h1-7,12H. The number of halogens is 1. The van der Waals surface area contributed by atoms with E-state index in [1.807, 2.05) is 29.6 Å². The zero-order valence-corrected chi connectivity index (χ0v) is 9.62. The van der Waals surface area contributed by atoms with Crippen LogP contribution in [0.3, 0.4) is 0 Å². The molecule has 0 unspecified atom stereocenters. The molecule has 0 aliphatic carbocycles. The molecule has 1 aromatic carbocycles. The van der Waals surface area contributed by atoms with E-state index in [2.05, 4.69) is 16.9 Å². The summed E-state index contributed by atoms with van der Waals surface area (Å²) >= 11 is 9.11. The molecule has 2 aromatic rings. The lowest BCUT2D eigenvalue weighted by molar-refractivity contribution is 1.47. The summed E-state index contributed by atoms with van der Waals surface area (Å²) in [4.78, 5) is 1.18. The lowest BCUT2D eigenvalue weighted by atomic mass is 10.4. The van der Waals surface area contributed by atoms with Crippen LogP contribution in [0.5, 0.6) is 0 Å². The largest absolute Gasteiger partial charge is 0.316 e. The lowest BCUT2D eigenvalue weighted by Gasteiger charge is -2.02. The first-order valence-electron chi connectivity index (χ1n) is 4.07. The van der Waals surface area contributed by atoms with Gasteiger partial charge in [-0.1, -0.05) is 29.8 Å². The highest BCUT2D eigenvalue weighted by Crippen LogP contribution is 2.31. The summed E-state index contributed by atoms with van der Waals surface area (Å²) in [6.07, 6.45) is 0. The van der Waals surface area contributed by atoms with Crippen molar-refractivity contribution < 1.29 is 0 Å². The predicted octanol–water partition coefficient (Wildman–Crippen LogP) is 4.52. The molecule has 72 valence electrons. The van der Waals surface area contributed by atoms with E-state index in [0.717, 1.165) is 10.0 Å². The maximum atomic E-state index is 5.94. The highest BCUT2D eigenvalue weighted by molar-refractivity contribution is 8.00. The zero-order valence-electron chi connectivity index (χ0n) is 7.24. The van der Waals surface area contributed by atoms with Crippen molar-refractivity contribution in [3.05, 3.63) is 46.8 Å². The van der Waals surface area contributed by atoms with Gasteiger partial charge in [-0.15, -0.1) is 11.3 Å². The van der Waals surface area contributed by atoms with Gasteiger partial charge in [0.15, 0.2) is 0 Å². The van der Waals surface area contributed by atoms with Crippen molar-refractivity contribution in [1.82, 2.24) is 0 Å². The second-order valence-corrected chi connectivity index (χ2v) is 4.82. The molecule has 0 saturated carbocycles. The fourth-order valence-electron chi connectivity index (χ4n) is 0.960. The Hall–Kier alpha value is -0.640. The van der Waals surface area contributed by atoms with E-state index >= 15 is 0 Å². The molecule has 0 atom stereocenters. The Kier molecular flexibility index (Phi) is 3.35. The van der Waals surface area contributed by atoms with E-state index in [4.69, 9.17) is 11.6 Å². The summed E-state index contributed by atoms with van der Waals surface area (Å²) in [7, 11) is 0. The van der Waals surface area contributed by atoms with Crippen molar-refractivity contribution in [1.29, 1.82) is 0 Å². The number of thiophene rings is 1. The molecule has 1 N–H and O–H groups in total. The summed E-state index contributed by atoms with van der Waals surface area (Å²) < 4.78 is 3.21. The molecule has 1 heterocycles. The maximum absolute atomic E-state index is 5.94. The first-order valence-corrected chi connectivity index (χ1v) is 6.14. The first-order chi connectivity index (χ1) is 6.86. The van der Waals surface area contributed by atoms with Crippen molar-refractivity contribution in [3.8, 4) is 0 Å². The Morgan fingerprint density at radius 3 is 2.57 bits per heavy atom. The molecule has 0 spiro atoms. The van der Waals surface area contributed by atoms with Crippen LogP contribution in [-0.2, 0) is 0 Å². The third-order valence-electron chi connectivity index (χ3n) is 1.62. The van der Waals surface area contributed by atoms with Gasteiger partial charge >= 0.3 is 0 Å². The maximum Gasteiger partial charge on any atom is 0.117 e. The second-order valence-electron chi connectivity index (χ2n) is 2.61. The zero-order chi connectivity index (χ0) is 9.80. The van der Waals surface area contributed by atoms with Crippen LogP contribution in [0.25, 0.3) is 0 Å². The Morgan fingerprint density at radius 1 is 1.14 bits per heavy atom. The molecule has 0 bridgehead atoms. The molecule has 14 heavy (non-hydrogen) atoms. The smallest absolute Gasteiger partial charge is 0.117 e. The fraction of sp³-hybridized carbons (Fsp3) is 0. The van der Waals surface area contributed by atoms with Gasteiger partial charge in [-0.3, -0.25) is 0 Å². The van der Waals surface area contributed by atoms with Crippen molar-refractivity contribution in [2.75, 3.05) is 4.72 Å². The molecule has 0 aliphatic rings. The van der Waals surface area contributed by atoms with Gasteiger partial charge in [0, 0.05) is 4.90 Å². The van der Waals surface area contributed by atoms with Crippen molar-refractivity contribution >= 4 is 39.9 Å². The Morgan fingerprint density at radius 2 is 1.93 bits per heavy atom. The van der Waals surface area contributed by atoms with Crippen molar-refractivity contribution in [2.24, 2.45) is 0 Å². The summed E-state index contributed by atoms with van der Waals surface area (Å²) in [5, 5.41) is 3.75. The van der Waals surface area contributed by atoms with Gasteiger partial charge < -0.3 is 4.72 Å². The fourth-order valence-corrected chi connectivity index (χ4v) is 2.79. The molecule has 0 radical (unpaired) electrons. The van der Waals surface area contributed by atoms with Crippen LogP contribution in [0, 0.1) is 0 Å². The van der Waals surface area contributed by atoms with E-state index in [9.17, 15) is 0 Å². The molecule has 2 rings (SSSR count). The molecule has 1 nitrogen and oxygen atoms in total. The molecular formula is C10H8ClNS2. The minimum absolute atomic E-state index is 0.776. The van der Waals surface area contributed by atoms with Gasteiger partial charge in [-0.2, -0.15) is 0 Å². The minimum Gasteiger partial charge on any atom is -0.316 e. The van der Waals surface area contributed by atoms with Crippen molar-refractivity contribution in [3.63, 3.8) is 0 Å². The number of hydrogen-bond donors (Lipinski definition) is 1. The summed E-state index contributed by atoms with van der Waals surface area (Å²) in [5.41, 5.74) is 0. The monoisotopic (exact) mass is 241 g/mol. The van der Waals surface area contributed by atoms with Crippen LogP contribution in [0.2, 0.25) is 5.02 Å². The first kappa shape index (κ1) is 9.90. The molecule has 4 heteroatoms. The Balaban J connectivity index is 1.99. The second kappa shape index (κ2) is 4.73. The average molecular weight is 242 g/mol. The van der Waals surface area contributed by atoms with E-state index in [1.165, 1.54) is 4.90 Å². The van der Waals surface area contributed by atoms with Crippen LogP contribution in [0.15, 0.2) is 46.7 Å². The van der Waals surface area contributed by atoms with Crippen LogP contribution in [0.4, 0.5) is 5.00 Å². The molecule has 1 aromatic heterocycles. The van der Waals surface area contributed by atoms with Crippen LogP contribution in [-0.4, -0.2) is 0 Å². The molecule has 0 fully saturated rings. The number of hydrogen-bond acceptors (Lipinski definition) is 3. The van der Waals surface area contributed by atoms with Crippen LogP contribution in [0.1, 0.15) is 0 Å². The quantitative estimate of drug-likeness (QED) is 0.793. The third-order valence-corrected chi connectivity index (χ3v) is 3.82. The molecule has 0 saturated heterocycles. The number of nitrogens with one attached hydrogen (secondary N) is 1. The van der Waals surface area contributed by atoms with Gasteiger partial charge in [0.05, 0.1) is 5.02 Å². The predicted molar refractivity (Wildman–Crippen MR) is 65.3 cm³/mol. The van der Waals surface area contributed by atoms with E-state index in [1.54, 1.807) is 23.3 Å². The van der Waals surface area contributed by atoms with Gasteiger partial charge in [-0.25, -0.2) is 0 Å². The number of benzene rings is 1.